The molecule has 424 valence electrons. The number of guanidine groups is 1. The summed E-state index contributed by atoms with van der Waals surface area (Å²) in [7, 11) is 0. The van der Waals surface area contributed by atoms with Gasteiger partial charge in [-0.3, -0.25) is 48.6 Å². The largest absolute Gasteiger partial charge is 0.389 e. The van der Waals surface area contributed by atoms with E-state index in [1.54, 1.807) is 0 Å². The van der Waals surface area contributed by atoms with Crippen molar-refractivity contribution in [3.63, 3.8) is 0 Å². The average Bonchev–Trinajstić information content (AvgIpc) is 4.09. The van der Waals surface area contributed by atoms with Gasteiger partial charge >= 0.3 is 0 Å². The van der Waals surface area contributed by atoms with Crippen LogP contribution in [0.15, 0.2) is 12.5 Å². The summed E-state index contributed by atoms with van der Waals surface area (Å²) in [5.41, 5.74) is 34.2. The summed E-state index contributed by atoms with van der Waals surface area (Å²) in [5, 5.41) is 41.6. The fraction of sp³-hybridized carbons (Fsp3) is 0.717. The number of hydrogen-bond acceptors (Lipinski definition) is 17. The Balaban J connectivity index is 2.21. The highest BCUT2D eigenvalue weighted by molar-refractivity contribution is 5.98. The molecule has 2 rings (SSSR count). The molecule has 0 saturated carbocycles. The molecule has 75 heavy (non-hydrogen) atoms. The average molecular weight is 1060 g/mol. The Morgan fingerprint density at radius 1 is 0.733 bits per heavy atom. The predicted octanol–water partition coefficient (Wildman–Crippen LogP) is -6.58. The Labute approximate surface area is 437 Å². The van der Waals surface area contributed by atoms with Crippen molar-refractivity contribution in [3.8, 4) is 0 Å². The van der Waals surface area contributed by atoms with Crippen molar-refractivity contribution >= 4 is 59.1 Å². The lowest BCUT2D eigenvalue weighted by atomic mass is 10.0. The first-order valence-corrected chi connectivity index (χ1v) is 25.6. The van der Waals surface area contributed by atoms with Crippen molar-refractivity contribution in [1.82, 2.24) is 62.7 Å². The second-order valence-corrected chi connectivity index (χ2v) is 18.8. The number of likely N-dealkylation sites (tertiary alicyclic amines) is 1. The van der Waals surface area contributed by atoms with E-state index in [2.05, 4.69) is 57.8 Å². The molecule has 1 fully saturated rings. The van der Waals surface area contributed by atoms with Crippen molar-refractivity contribution in [1.29, 1.82) is 5.41 Å². The minimum atomic E-state index is -1.56. The first-order valence-electron chi connectivity index (χ1n) is 25.6. The van der Waals surface area contributed by atoms with Gasteiger partial charge in [-0.05, 0) is 97.2 Å². The third-order valence-electron chi connectivity index (χ3n) is 12.2. The Morgan fingerprint density at radius 2 is 1.39 bits per heavy atom. The zero-order chi connectivity index (χ0) is 56.0. The second kappa shape index (κ2) is 34.9. The molecule has 9 atom stereocenters. The number of primary amides is 1. The van der Waals surface area contributed by atoms with Crippen LogP contribution in [0.4, 0.5) is 0 Å². The molecule has 1 aliphatic rings. The van der Waals surface area contributed by atoms with E-state index < -0.39 is 121 Å². The van der Waals surface area contributed by atoms with Crippen LogP contribution in [-0.4, -0.2) is 185 Å². The van der Waals surface area contributed by atoms with Crippen LogP contribution >= 0.6 is 0 Å². The highest BCUT2D eigenvalue weighted by Crippen LogP contribution is 2.20. The summed E-state index contributed by atoms with van der Waals surface area (Å²) in [5.74, 6) is -7.07. The van der Waals surface area contributed by atoms with E-state index in [9.17, 15) is 48.3 Å². The van der Waals surface area contributed by atoms with E-state index in [1.807, 2.05) is 13.8 Å². The zero-order valence-corrected chi connectivity index (χ0v) is 43.6. The minimum Gasteiger partial charge on any atom is -0.389 e. The second-order valence-electron chi connectivity index (χ2n) is 18.8. The van der Waals surface area contributed by atoms with Gasteiger partial charge in [0, 0.05) is 44.0 Å². The number of carbonyl (C=O) groups excluding carboxylic acids is 9. The normalized spacial score (nSPS) is 16.4. The number of nitrogens with two attached hydrogens (primary N) is 6. The molecule has 1 aromatic heterocycles. The molecular formula is C46H85N19O10. The molecule has 29 nitrogen and oxygen atoms in total. The standard InChI is InChI=1S/C46H85N19O10/c1-26(2)55-18-7-5-12-31(41(71)61-30(38(51)68)14-9-19-56-46(52)53)62-42(72)33(21-28-23-54-25-58-28)63-43(73)34-15-10-20-65(34)45(75)32(13-8-17-48)60-36(67)24-57-39(69)27(3)59-44(74)37(35(66)22-49)64-40(70)29(50)11-4-6-16-47/h23,25-27,29-35,37,55,66H,4-22,24,47-50H2,1-3H3,(H2,51,68)(H,54,58)(H,57,69)(H,59,74)(H,60,67)(H,61,71)(H,62,72)(H,63,73)(H,64,70)(H4,52,53,56)/t27?,29?,30-,31+,32-,33?,34+,35+,37+/m1/s1. The van der Waals surface area contributed by atoms with Gasteiger partial charge in [0.05, 0.1) is 25.0 Å². The van der Waals surface area contributed by atoms with Crippen molar-refractivity contribution in [3.05, 3.63) is 18.2 Å². The molecule has 0 spiro atoms. The Bertz CT molecular complexity index is 2000. The van der Waals surface area contributed by atoms with E-state index in [1.165, 1.54) is 24.3 Å². The van der Waals surface area contributed by atoms with Crippen LogP contribution in [0.5, 0.6) is 0 Å². The Kier molecular flexibility index (Phi) is 30.0. The third kappa shape index (κ3) is 24.1. The molecule has 3 unspecified atom stereocenters. The number of nitrogens with zero attached hydrogens (tertiary/aromatic N) is 2. The van der Waals surface area contributed by atoms with Gasteiger partial charge in [0.25, 0.3) is 0 Å². The maximum atomic E-state index is 14.2. The predicted molar refractivity (Wildman–Crippen MR) is 277 cm³/mol. The third-order valence-corrected chi connectivity index (χ3v) is 12.2. The highest BCUT2D eigenvalue weighted by Gasteiger charge is 2.40. The summed E-state index contributed by atoms with van der Waals surface area (Å²) in [4.78, 5) is 129. The number of aromatic nitrogens is 2. The van der Waals surface area contributed by atoms with Crippen LogP contribution in [0, 0.1) is 5.41 Å². The van der Waals surface area contributed by atoms with Crippen molar-refractivity contribution in [2.75, 3.05) is 45.8 Å². The van der Waals surface area contributed by atoms with E-state index in [0.717, 1.165) is 0 Å². The van der Waals surface area contributed by atoms with Gasteiger partial charge < -0.3 is 97.2 Å². The number of aromatic amines is 1. The number of H-pyrrole nitrogens is 1. The molecule has 24 N–H and O–H groups in total. The van der Waals surface area contributed by atoms with Gasteiger partial charge in [-0.25, -0.2) is 4.98 Å². The first-order chi connectivity index (χ1) is 35.6. The SMILES string of the molecule is CC(C)NCCCC[C@H](NC(=O)C(Cc1cnc[nH]1)NC(=O)[C@@H]1CCCN1C(=O)[C@@H](CCCN)NC(=O)CNC(=O)C(C)NC(=O)[C@@H](NC(=O)C(N)CCCCN)[C@@H](O)CN)C(=O)N[C@H](CCCNC(=N)N)C(N)=O. The summed E-state index contributed by atoms with van der Waals surface area (Å²) in [6, 6.07) is -9.47. The van der Waals surface area contributed by atoms with Crippen LogP contribution < -0.4 is 82.3 Å². The number of unbranched alkanes of at least 4 members (excludes halogenated alkanes) is 2. The van der Waals surface area contributed by atoms with Gasteiger partial charge in [-0.2, -0.15) is 0 Å². The van der Waals surface area contributed by atoms with Crippen LogP contribution in [-0.2, 0) is 49.6 Å². The number of rotatable bonds is 37. The monoisotopic (exact) mass is 1060 g/mol. The van der Waals surface area contributed by atoms with Gasteiger partial charge in [0.2, 0.25) is 53.2 Å². The van der Waals surface area contributed by atoms with Crippen molar-refractivity contribution in [2.45, 2.75) is 165 Å². The van der Waals surface area contributed by atoms with Gasteiger partial charge in [0.15, 0.2) is 5.96 Å². The minimum absolute atomic E-state index is 0.0628. The number of nitrogens with one attached hydrogen (secondary N) is 11. The molecule has 1 aliphatic heterocycles. The lowest BCUT2D eigenvalue weighted by Crippen LogP contribution is -2.60. The Hall–Kier alpha value is -6.53. The summed E-state index contributed by atoms with van der Waals surface area (Å²) in [6.07, 6.45) is 5.36. The molecule has 29 heteroatoms. The van der Waals surface area contributed by atoms with Crippen LogP contribution in [0.1, 0.15) is 104 Å². The fourth-order valence-corrected chi connectivity index (χ4v) is 7.98. The molecule has 2 heterocycles. The lowest BCUT2D eigenvalue weighted by molar-refractivity contribution is -0.142. The highest BCUT2D eigenvalue weighted by atomic mass is 16.3. The van der Waals surface area contributed by atoms with Gasteiger partial charge in [-0.15, -0.1) is 0 Å². The summed E-state index contributed by atoms with van der Waals surface area (Å²) in [6.45, 7) is 5.79. The number of carbonyl (C=O) groups is 9. The molecule has 9 amide bonds. The van der Waals surface area contributed by atoms with Crippen LogP contribution in [0.25, 0.3) is 0 Å². The van der Waals surface area contributed by atoms with Gasteiger partial charge in [-0.1, -0.05) is 20.3 Å². The molecule has 0 aliphatic carbocycles. The smallest absolute Gasteiger partial charge is 0.245 e. The van der Waals surface area contributed by atoms with Crippen molar-refractivity contribution in [2.24, 2.45) is 34.4 Å². The van der Waals surface area contributed by atoms with E-state index in [-0.39, 0.29) is 76.6 Å². The molecule has 0 aromatic carbocycles. The molecular weight excluding hydrogens is 979 g/mol. The number of amides is 9. The number of imidazole rings is 1. The summed E-state index contributed by atoms with van der Waals surface area (Å²) >= 11 is 0. The topological polar surface area (TPSA) is 494 Å². The van der Waals surface area contributed by atoms with E-state index in [0.29, 0.717) is 57.3 Å². The zero-order valence-electron chi connectivity index (χ0n) is 43.6. The molecule has 0 radical (unpaired) electrons. The summed E-state index contributed by atoms with van der Waals surface area (Å²) < 4.78 is 0. The molecule has 1 aromatic rings. The maximum absolute atomic E-state index is 14.2. The lowest BCUT2D eigenvalue weighted by Gasteiger charge is -2.30. The van der Waals surface area contributed by atoms with Crippen molar-refractivity contribution < 1.29 is 48.3 Å². The first kappa shape index (κ1) is 64.6. The maximum Gasteiger partial charge on any atom is 0.245 e. The molecule has 1 saturated heterocycles. The van der Waals surface area contributed by atoms with E-state index >= 15 is 0 Å². The number of aliphatic hydroxyl groups excluding tert-OH is 1. The van der Waals surface area contributed by atoms with Crippen LogP contribution in [0.3, 0.4) is 0 Å². The Morgan fingerprint density at radius 3 is 2.01 bits per heavy atom. The number of aliphatic hydroxyl groups is 1. The van der Waals surface area contributed by atoms with E-state index in [4.69, 9.17) is 39.8 Å². The fourth-order valence-electron chi connectivity index (χ4n) is 7.98. The molecule has 0 bridgehead atoms. The van der Waals surface area contributed by atoms with Gasteiger partial charge in [0.1, 0.15) is 42.3 Å². The quantitative estimate of drug-likeness (QED) is 0.0167. The van der Waals surface area contributed by atoms with Crippen LogP contribution in [0.2, 0.25) is 0 Å². The number of hydrogen-bond donors (Lipinski definition) is 18.